The van der Waals surface area contributed by atoms with Gasteiger partial charge in [-0.3, -0.25) is 4.79 Å². The summed E-state index contributed by atoms with van der Waals surface area (Å²) in [7, 11) is 1.95. The smallest absolute Gasteiger partial charge is 0.221 e. The maximum atomic E-state index is 11.6. The Hall–Kier alpha value is -1.23. The highest BCUT2D eigenvalue weighted by Gasteiger charge is 2.23. The van der Waals surface area contributed by atoms with Gasteiger partial charge >= 0.3 is 0 Å². The molecule has 0 aromatic heterocycles. The summed E-state index contributed by atoms with van der Waals surface area (Å²) < 4.78 is 0.962. The number of nitrogens with two attached hydrogens (primary N) is 1. The topological polar surface area (TPSA) is 58.4 Å². The number of nitrogens with zero attached hydrogens (tertiary/aromatic N) is 1. The van der Waals surface area contributed by atoms with Gasteiger partial charge in [-0.25, -0.2) is 0 Å². The van der Waals surface area contributed by atoms with E-state index in [0.717, 1.165) is 28.7 Å². The number of nitrogen functional groups attached to an aromatic ring is 1. The van der Waals surface area contributed by atoms with Crippen molar-refractivity contribution in [3.8, 4) is 0 Å². The van der Waals surface area contributed by atoms with Gasteiger partial charge in [-0.1, -0.05) is 15.9 Å². The highest BCUT2D eigenvalue weighted by atomic mass is 79.9. The molecule has 98 valence electrons. The Labute approximate surface area is 116 Å². The average molecular weight is 312 g/mol. The molecule has 0 radical (unpaired) electrons. The molecular formula is C13H18BrN3O. The van der Waals surface area contributed by atoms with Crippen LogP contribution in [0.4, 0.5) is 11.4 Å². The highest BCUT2D eigenvalue weighted by molar-refractivity contribution is 9.10. The summed E-state index contributed by atoms with van der Waals surface area (Å²) in [5.74, 6) is 0.125. The largest absolute Gasteiger partial charge is 0.397 e. The molecule has 1 aromatic rings. The molecule has 0 atom stereocenters. The fraction of sp³-hybridized carbons (Fsp3) is 0.462. The van der Waals surface area contributed by atoms with Crippen LogP contribution in [0.3, 0.4) is 0 Å². The molecule has 0 saturated heterocycles. The molecule has 1 fully saturated rings. The van der Waals surface area contributed by atoms with E-state index in [-0.39, 0.29) is 5.91 Å². The maximum absolute atomic E-state index is 11.6. The minimum Gasteiger partial charge on any atom is -0.397 e. The Bertz CT molecular complexity index is 446. The molecule has 4 nitrogen and oxygen atoms in total. The van der Waals surface area contributed by atoms with Gasteiger partial charge in [0.05, 0.1) is 11.4 Å². The van der Waals surface area contributed by atoms with Gasteiger partial charge in [-0.2, -0.15) is 0 Å². The first-order valence-electron chi connectivity index (χ1n) is 6.12. The second-order valence-electron chi connectivity index (χ2n) is 4.72. The predicted octanol–water partition coefficient (Wildman–Crippen LogP) is 2.14. The third-order valence-electron chi connectivity index (χ3n) is 3.02. The maximum Gasteiger partial charge on any atom is 0.221 e. The van der Waals surface area contributed by atoms with Crippen molar-refractivity contribution in [2.45, 2.75) is 25.3 Å². The summed E-state index contributed by atoms with van der Waals surface area (Å²) in [5, 5.41) is 2.98. The van der Waals surface area contributed by atoms with Crippen LogP contribution >= 0.6 is 15.9 Å². The number of carbonyl (C=O) groups is 1. The fourth-order valence-electron chi connectivity index (χ4n) is 1.79. The number of hydrogen-bond acceptors (Lipinski definition) is 3. The number of halogens is 1. The zero-order valence-corrected chi connectivity index (χ0v) is 12.0. The van der Waals surface area contributed by atoms with Gasteiger partial charge in [0, 0.05) is 30.5 Å². The van der Waals surface area contributed by atoms with E-state index in [1.165, 1.54) is 0 Å². The van der Waals surface area contributed by atoms with Gasteiger partial charge in [-0.05, 0) is 31.0 Å². The normalized spacial score (nSPS) is 14.3. The van der Waals surface area contributed by atoms with Crippen molar-refractivity contribution in [2.24, 2.45) is 0 Å². The summed E-state index contributed by atoms with van der Waals surface area (Å²) in [4.78, 5) is 13.6. The SMILES string of the molecule is CN(CCC(=O)NC1CC1)c1ccc(Br)cc1N. The molecule has 2 rings (SSSR count). The van der Waals surface area contributed by atoms with E-state index in [4.69, 9.17) is 5.73 Å². The molecular weight excluding hydrogens is 294 g/mol. The fourth-order valence-corrected chi connectivity index (χ4v) is 2.17. The van der Waals surface area contributed by atoms with Gasteiger partial charge in [-0.15, -0.1) is 0 Å². The van der Waals surface area contributed by atoms with E-state index in [1.807, 2.05) is 30.1 Å². The number of rotatable bonds is 5. The van der Waals surface area contributed by atoms with Crippen LogP contribution in [0.1, 0.15) is 19.3 Å². The quantitative estimate of drug-likeness (QED) is 0.819. The van der Waals surface area contributed by atoms with E-state index < -0.39 is 0 Å². The first-order valence-corrected chi connectivity index (χ1v) is 6.91. The molecule has 0 heterocycles. The monoisotopic (exact) mass is 311 g/mol. The third kappa shape index (κ3) is 3.63. The molecule has 1 aliphatic carbocycles. The number of benzene rings is 1. The molecule has 1 aliphatic rings. The van der Waals surface area contributed by atoms with Gasteiger partial charge in [0.15, 0.2) is 0 Å². The van der Waals surface area contributed by atoms with Gasteiger partial charge < -0.3 is 16.0 Å². The molecule has 0 unspecified atom stereocenters. The Morgan fingerprint density at radius 3 is 2.89 bits per heavy atom. The molecule has 1 saturated carbocycles. The van der Waals surface area contributed by atoms with Crippen LogP contribution in [0.15, 0.2) is 22.7 Å². The molecule has 0 aliphatic heterocycles. The number of amides is 1. The van der Waals surface area contributed by atoms with Crippen LogP contribution in [-0.2, 0) is 4.79 Å². The molecule has 0 spiro atoms. The average Bonchev–Trinajstić information content (AvgIpc) is 3.10. The summed E-state index contributed by atoms with van der Waals surface area (Å²) in [6.07, 6.45) is 2.75. The molecule has 5 heteroatoms. The van der Waals surface area contributed by atoms with E-state index >= 15 is 0 Å². The Morgan fingerprint density at radius 1 is 1.56 bits per heavy atom. The molecule has 3 N–H and O–H groups in total. The van der Waals surface area contributed by atoms with Crippen LogP contribution < -0.4 is 16.0 Å². The van der Waals surface area contributed by atoms with Crippen molar-refractivity contribution >= 4 is 33.2 Å². The second kappa shape index (κ2) is 5.61. The van der Waals surface area contributed by atoms with E-state index in [2.05, 4.69) is 21.2 Å². The number of nitrogens with one attached hydrogen (secondary N) is 1. The van der Waals surface area contributed by atoms with Crippen molar-refractivity contribution in [1.82, 2.24) is 5.32 Å². The van der Waals surface area contributed by atoms with Crippen molar-refractivity contribution in [1.29, 1.82) is 0 Å². The summed E-state index contributed by atoms with van der Waals surface area (Å²) in [6, 6.07) is 6.21. The zero-order valence-electron chi connectivity index (χ0n) is 10.4. The molecule has 1 amide bonds. The lowest BCUT2D eigenvalue weighted by Crippen LogP contribution is -2.30. The van der Waals surface area contributed by atoms with Gasteiger partial charge in [0.25, 0.3) is 0 Å². The van der Waals surface area contributed by atoms with Crippen LogP contribution in [0.25, 0.3) is 0 Å². The van der Waals surface area contributed by atoms with Gasteiger partial charge in [0.2, 0.25) is 5.91 Å². The lowest BCUT2D eigenvalue weighted by Gasteiger charge is -2.21. The molecule has 18 heavy (non-hydrogen) atoms. The van der Waals surface area contributed by atoms with Crippen molar-refractivity contribution < 1.29 is 4.79 Å². The van der Waals surface area contributed by atoms with E-state index in [9.17, 15) is 4.79 Å². The lowest BCUT2D eigenvalue weighted by atomic mass is 10.2. The summed E-state index contributed by atoms with van der Waals surface area (Å²) >= 11 is 3.38. The second-order valence-corrected chi connectivity index (χ2v) is 5.63. The summed E-state index contributed by atoms with van der Waals surface area (Å²) in [6.45, 7) is 0.671. The third-order valence-corrected chi connectivity index (χ3v) is 3.51. The highest BCUT2D eigenvalue weighted by Crippen LogP contribution is 2.26. The predicted molar refractivity (Wildman–Crippen MR) is 77.6 cm³/mol. The zero-order chi connectivity index (χ0) is 13.1. The van der Waals surface area contributed by atoms with Gasteiger partial charge in [0.1, 0.15) is 0 Å². The van der Waals surface area contributed by atoms with Crippen LogP contribution in [0.2, 0.25) is 0 Å². The molecule has 1 aromatic carbocycles. The van der Waals surface area contributed by atoms with Crippen molar-refractivity contribution in [3.63, 3.8) is 0 Å². The number of carbonyl (C=O) groups excluding carboxylic acids is 1. The van der Waals surface area contributed by atoms with Crippen LogP contribution in [-0.4, -0.2) is 25.5 Å². The Kier molecular flexibility index (Phi) is 4.11. The minimum atomic E-state index is 0.125. The van der Waals surface area contributed by atoms with E-state index in [0.29, 0.717) is 19.0 Å². The minimum absolute atomic E-state index is 0.125. The Balaban J connectivity index is 1.86. The first-order chi connectivity index (χ1) is 8.56. The Morgan fingerprint density at radius 2 is 2.28 bits per heavy atom. The van der Waals surface area contributed by atoms with Crippen LogP contribution in [0.5, 0.6) is 0 Å². The summed E-state index contributed by atoms with van der Waals surface area (Å²) in [5.41, 5.74) is 7.62. The first kappa shape index (κ1) is 13.2. The standard InChI is InChI=1S/C13H18BrN3O/c1-17(7-6-13(18)16-10-3-4-10)12-5-2-9(14)8-11(12)15/h2,5,8,10H,3-4,6-7,15H2,1H3,(H,16,18). The van der Waals surface area contributed by atoms with Crippen molar-refractivity contribution in [2.75, 3.05) is 24.2 Å². The lowest BCUT2D eigenvalue weighted by molar-refractivity contribution is -0.121. The van der Waals surface area contributed by atoms with E-state index in [1.54, 1.807) is 0 Å². The van der Waals surface area contributed by atoms with Crippen molar-refractivity contribution in [3.05, 3.63) is 22.7 Å². The molecule has 0 bridgehead atoms. The number of anilines is 2. The number of hydrogen-bond donors (Lipinski definition) is 2. The van der Waals surface area contributed by atoms with Crippen LogP contribution in [0, 0.1) is 0 Å².